The molecule has 0 aliphatic carbocycles. The van der Waals surface area contributed by atoms with Crippen molar-refractivity contribution in [2.75, 3.05) is 24.5 Å². The molecule has 2 bridgehead atoms. The van der Waals surface area contributed by atoms with Crippen LogP contribution < -0.4 is 4.90 Å². The number of hydrogen-bond acceptors (Lipinski definition) is 4. The molecule has 3 fully saturated rings. The molecule has 5 nitrogen and oxygen atoms in total. The highest BCUT2D eigenvalue weighted by molar-refractivity contribution is 6.30. The second-order valence-corrected chi connectivity index (χ2v) is 5.77. The lowest BCUT2D eigenvalue weighted by molar-refractivity contribution is 0.00446. The molecule has 3 aliphatic heterocycles. The van der Waals surface area contributed by atoms with Crippen LogP contribution in [0.3, 0.4) is 0 Å². The van der Waals surface area contributed by atoms with Crippen LogP contribution in [0, 0.1) is 0 Å². The van der Waals surface area contributed by atoms with Crippen LogP contribution in [0.25, 0.3) is 10.9 Å². The fraction of sp³-hybridized carbons (Fsp3) is 0.538. The van der Waals surface area contributed by atoms with E-state index in [0.29, 0.717) is 17.2 Å². The molecule has 0 amide bonds. The molecule has 0 saturated carbocycles. The topological polar surface area (TPSA) is 48.0 Å². The van der Waals surface area contributed by atoms with Crippen LogP contribution in [0.2, 0.25) is 5.15 Å². The van der Waals surface area contributed by atoms with Crippen LogP contribution in [0.15, 0.2) is 12.3 Å². The number of halogens is 1. The van der Waals surface area contributed by atoms with Crippen molar-refractivity contribution < 1.29 is 0 Å². The molecule has 6 heteroatoms. The molecule has 2 aromatic heterocycles. The van der Waals surface area contributed by atoms with Crippen LogP contribution in [0.4, 0.5) is 5.82 Å². The van der Waals surface area contributed by atoms with Gasteiger partial charge in [-0.2, -0.15) is 5.10 Å². The van der Waals surface area contributed by atoms with Gasteiger partial charge in [-0.3, -0.25) is 10.00 Å². The van der Waals surface area contributed by atoms with Gasteiger partial charge in [0.05, 0.1) is 10.9 Å². The third-order valence-electron chi connectivity index (χ3n) is 4.40. The number of nitrogens with zero attached hydrogens (tertiary/aromatic N) is 4. The van der Waals surface area contributed by atoms with Gasteiger partial charge in [-0.05, 0) is 13.0 Å². The number of anilines is 1. The number of piperidine rings is 1. The zero-order chi connectivity index (χ0) is 13.0. The van der Waals surface area contributed by atoms with Crippen molar-refractivity contribution in [2.24, 2.45) is 0 Å². The molecular weight excluding hydrogens is 262 g/mol. The summed E-state index contributed by atoms with van der Waals surface area (Å²) in [7, 11) is 0. The third kappa shape index (κ3) is 1.65. The Labute approximate surface area is 116 Å². The highest BCUT2D eigenvalue weighted by atomic mass is 35.5. The fourth-order valence-electron chi connectivity index (χ4n) is 3.49. The van der Waals surface area contributed by atoms with E-state index in [2.05, 4.69) is 31.9 Å². The van der Waals surface area contributed by atoms with Gasteiger partial charge in [0, 0.05) is 37.4 Å². The molecule has 5 heterocycles. The Bertz CT molecular complexity index is 613. The zero-order valence-electron chi connectivity index (χ0n) is 10.8. The summed E-state index contributed by atoms with van der Waals surface area (Å²) in [6, 6.07) is 3.21. The van der Waals surface area contributed by atoms with E-state index in [1.165, 1.54) is 6.42 Å². The molecule has 3 saturated heterocycles. The molecule has 2 unspecified atom stereocenters. The van der Waals surface area contributed by atoms with Crippen molar-refractivity contribution in [1.29, 1.82) is 0 Å². The van der Waals surface area contributed by atoms with E-state index >= 15 is 0 Å². The number of pyridine rings is 1. The minimum Gasteiger partial charge on any atom is -0.351 e. The van der Waals surface area contributed by atoms with Crippen molar-refractivity contribution in [2.45, 2.75) is 25.4 Å². The van der Waals surface area contributed by atoms with Crippen molar-refractivity contribution in [3.8, 4) is 0 Å². The average molecular weight is 278 g/mol. The number of aromatic amines is 1. The first-order valence-electron chi connectivity index (χ1n) is 6.76. The van der Waals surface area contributed by atoms with E-state index in [9.17, 15) is 0 Å². The summed E-state index contributed by atoms with van der Waals surface area (Å²) in [5.41, 5.74) is 0.960. The van der Waals surface area contributed by atoms with Crippen molar-refractivity contribution in [3.63, 3.8) is 0 Å². The highest BCUT2D eigenvalue weighted by Crippen LogP contribution is 2.35. The number of nitrogens with one attached hydrogen (secondary N) is 1. The summed E-state index contributed by atoms with van der Waals surface area (Å²) in [5.74, 6) is 1.02. The first kappa shape index (κ1) is 11.5. The van der Waals surface area contributed by atoms with E-state index in [1.807, 2.05) is 12.3 Å². The number of H-pyrrole nitrogens is 1. The Morgan fingerprint density at radius 3 is 2.95 bits per heavy atom. The number of piperazine rings is 1. The molecule has 1 N–H and O–H groups in total. The number of fused-ring (bicyclic) bond motifs is 3. The molecule has 19 heavy (non-hydrogen) atoms. The van der Waals surface area contributed by atoms with Crippen molar-refractivity contribution in [3.05, 3.63) is 17.4 Å². The molecule has 0 spiro atoms. The average Bonchev–Trinajstić information content (AvgIpc) is 2.82. The minimum absolute atomic E-state index is 0.501. The zero-order valence-corrected chi connectivity index (χ0v) is 11.6. The van der Waals surface area contributed by atoms with Gasteiger partial charge in [0.25, 0.3) is 0 Å². The summed E-state index contributed by atoms with van der Waals surface area (Å²) in [6.45, 7) is 5.52. The highest BCUT2D eigenvalue weighted by Gasteiger charge is 2.44. The summed E-state index contributed by atoms with van der Waals surface area (Å²) in [6.07, 6.45) is 3.14. The Morgan fingerprint density at radius 2 is 2.21 bits per heavy atom. The van der Waals surface area contributed by atoms with Gasteiger partial charge in [0.15, 0.2) is 5.82 Å². The summed E-state index contributed by atoms with van der Waals surface area (Å²) < 4.78 is 0. The lowest BCUT2D eigenvalue weighted by Crippen LogP contribution is -2.68. The van der Waals surface area contributed by atoms with E-state index in [1.54, 1.807) is 0 Å². The molecule has 0 radical (unpaired) electrons. The second-order valence-electron chi connectivity index (χ2n) is 5.38. The Balaban J connectivity index is 1.66. The van der Waals surface area contributed by atoms with Gasteiger partial charge in [0.2, 0.25) is 0 Å². The standard InChI is InChI=1S/C13H16ClN5/c1-2-19-8-3-9(19)7-18(6-8)13-10-5-15-12(14)4-11(10)16-17-13/h4-5,8-9H,2-3,6-7H2,1H3,(H,16,17). The molecule has 5 rings (SSSR count). The van der Waals surface area contributed by atoms with E-state index in [4.69, 9.17) is 11.6 Å². The summed E-state index contributed by atoms with van der Waals surface area (Å²) in [5, 5.41) is 9.07. The van der Waals surface area contributed by atoms with E-state index in [0.717, 1.165) is 36.4 Å². The van der Waals surface area contributed by atoms with Crippen molar-refractivity contribution >= 4 is 28.3 Å². The second kappa shape index (κ2) is 4.08. The lowest BCUT2D eigenvalue weighted by atomic mass is 9.87. The Hall–Kier alpha value is -1.33. The van der Waals surface area contributed by atoms with Gasteiger partial charge < -0.3 is 4.90 Å². The van der Waals surface area contributed by atoms with Crippen LogP contribution in [-0.2, 0) is 0 Å². The normalized spacial score (nSPS) is 26.7. The number of aromatic nitrogens is 3. The Morgan fingerprint density at radius 1 is 1.42 bits per heavy atom. The maximum atomic E-state index is 5.90. The fourth-order valence-corrected chi connectivity index (χ4v) is 3.65. The Kier molecular flexibility index (Phi) is 2.47. The van der Waals surface area contributed by atoms with Crippen LogP contribution in [0.1, 0.15) is 13.3 Å². The first-order valence-corrected chi connectivity index (χ1v) is 7.14. The van der Waals surface area contributed by atoms with Gasteiger partial charge in [0.1, 0.15) is 5.15 Å². The van der Waals surface area contributed by atoms with E-state index < -0.39 is 0 Å². The van der Waals surface area contributed by atoms with Crippen LogP contribution in [-0.4, -0.2) is 51.8 Å². The predicted octanol–water partition coefficient (Wildman–Crippen LogP) is 1.89. The maximum absolute atomic E-state index is 5.90. The monoisotopic (exact) mass is 277 g/mol. The predicted molar refractivity (Wildman–Crippen MR) is 75.7 cm³/mol. The molecular formula is C13H16ClN5. The van der Waals surface area contributed by atoms with Gasteiger partial charge in [-0.1, -0.05) is 18.5 Å². The van der Waals surface area contributed by atoms with Gasteiger partial charge in [-0.25, -0.2) is 4.98 Å². The molecule has 100 valence electrons. The molecule has 2 atom stereocenters. The number of likely N-dealkylation sites (N-methyl/N-ethyl adjacent to an activating group) is 1. The molecule has 0 aromatic carbocycles. The quantitative estimate of drug-likeness (QED) is 0.852. The third-order valence-corrected chi connectivity index (χ3v) is 4.61. The molecule has 3 aliphatic rings. The number of hydrogen-bond donors (Lipinski definition) is 1. The summed E-state index contributed by atoms with van der Waals surface area (Å²) >= 11 is 5.90. The largest absolute Gasteiger partial charge is 0.351 e. The lowest BCUT2D eigenvalue weighted by Gasteiger charge is -2.56. The van der Waals surface area contributed by atoms with Crippen LogP contribution in [0.5, 0.6) is 0 Å². The summed E-state index contributed by atoms with van der Waals surface area (Å²) in [4.78, 5) is 9.12. The van der Waals surface area contributed by atoms with Gasteiger partial charge in [-0.15, -0.1) is 0 Å². The van der Waals surface area contributed by atoms with E-state index in [-0.39, 0.29) is 0 Å². The number of rotatable bonds is 2. The maximum Gasteiger partial charge on any atom is 0.159 e. The van der Waals surface area contributed by atoms with Gasteiger partial charge >= 0.3 is 0 Å². The van der Waals surface area contributed by atoms with Crippen LogP contribution >= 0.6 is 11.6 Å². The first-order chi connectivity index (χ1) is 9.26. The van der Waals surface area contributed by atoms with Crippen molar-refractivity contribution in [1.82, 2.24) is 20.1 Å². The minimum atomic E-state index is 0.501. The molecule has 2 aromatic rings. The SMILES string of the molecule is CCN1C2CC1CN(c1n[nH]c3cc(Cl)ncc13)C2. The smallest absolute Gasteiger partial charge is 0.159 e.